The third-order valence-corrected chi connectivity index (χ3v) is 3.63. The Bertz CT molecular complexity index is 538. The molecular weight excluding hydrogens is 316 g/mol. The van der Waals surface area contributed by atoms with Gasteiger partial charge in [-0.15, -0.1) is 0 Å². The summed E-state index contributed by atoms with van der Waals surface area (Å²) in [5.41, 5.74) is 2.15. The van der Waals surface area contributed by atoms with Gasteiger partial charge in [0.25, 0.3) is 0 Å². The standard InChI is InChI=1S/C17H19BrO2/c1-13(19)16-10-9-15(18)12-17(16)20-11-5-8-14-6-3-2-4-7-14/h2-4,6-7,9-10,12-13,19H,5,8,11H2,1H3/t13-/m1/s1. The van der Waals surface area contributed by atoms with Crippen molar-refractivity contribution in [2.75, 3.05) is 6.61 Å². The van der Waals surface area contributed by atoms with E-state index in [1.165, 1.54) is 5.56 Å². The molecule has 0 saturated carbocycles. The van der Waals surface area contributed by atoms with Crippen molar-refractivity contribution in [3.05, 3.63) is 64.1 Å². The second-order valence-electron chi connectivity index (χ2n) is 4.80. The van der Waals surface area contributed by atoms with Crippen molar-refractivity contribution in [2.45, 2.75) is 25.9 Å². The Balaban J connectivity index is 1.89. The Labute approximate surface area is 128 Å². The number of ether oxygens (including phenoxy) is 1. The first-order valence-electron chi connectivity index (χ1n) is 6.81. The van der Waals surface area contributed by atoms with E-state index < -0.39 is 6.10 Å². The lowest BCUT2D eigenvalue weighted by Gasteiger charge is -2.14. The molecule has 0 aromatic heterocycles. The van der Waals surface area contributed by atoms with Crippen LogP contribution < -0.4 is 4.74 Å². The fourth-order valence-corrected chi connectivity index (χ4v) is 2.42. The van der Waals surface area contributed by atoms with Crippen LogP contribution in [-0.4, -0.2) is 11.7 Å². The van der Waals surface area contributed by atoms with Gasteiger partial charge in [-0.05, 0) is 37.5 Å². The van der Waals surface area contributed by atoms with Crippen molar-refractivity contribution in [3.8, 4) is 5.75 Å². The highest BCUT2D eigenvalue weighted by Gasteiger charge is 2.09. The molecule has 0 radical (unpaired) electrons. The quantitative estimate of drug-likeness (QED) is 0.787. The van der Waals surface area contributed by atoms with Crippen molar-refractivity contribution >= 4 is 15.9 Å². The summed E-state index contributed by atoms with van der Waals surface area (Å²) in [7, 11) is 0. The third-order valence-electron chi connectivity index (χ3n) is 3.14. The SMILES string of the molecule is C[C@@H](O)c1ccc(Br)cc1OCCCc1ccccc1. The summed E-state index contributed by atoms with van der Waals surface area (Å²) in [5, 5.41) is 9.73. The molecule has 3 heteroatoms. The van der Waals surface area contributed by atoms with Gasteiger partial charge in [0.05, 0.1) is 12.7 Å². The van der Waals surface area contributed by atoms with Gasteiger partial charge in [0.2, 0.25) is 0 Å². The number of aliphatic hydroxyl groups excluding tert-OH is 1. The highest BCUT2D eigenvalue weighted by atomic mass is 79.9. The van der Waals surface area contributed by atoms with Crippen LogP contribution in [0.5, 0.6) is 5.75 Å². The maximum Gasteiger partial charge on any atom is 0.126 e. The van der Waals surface area contributed by atoms with Gasteiger partial charge in [0.1, 0.15) is 5.75 Å². The average molecular weight is 335 g/mol. The highest BCUT2D eigenvalue weighted by Crippen LogP contribution is 2.28. The second-order valence-corrected chi connectivity index (χ2v) is 5.71. The molecule has 0 aliphatic rings. The molecule has 2 rings (SSSR count). The molecule has 0 bridgehead atoms. The van der Waals surface area contributed by atoms with Crippen molar-refractivity contribution in [1.29, 1.82) is 0 Å². The summed E-state index contributed by atoms with van der Waals surface area (Å²) < 4.78 is 6.77. The van der Waals surface area contributed by atoms with Gasteiger partial charge in [-0.3, -0.25) is 0 Å². The minimum Gasteiger partial charge on any atom is -0.493 e. The van der Waals surface area contributed by atoms with E-state index in [9.17, 15) is 5.11 Å². The van der Waals surface area contributed by atoms with Crippen LogP contribution in [0, 0.1) is 0 Å². The molecule has 2 nitrogen and oxygen atoms in total. The molecule has 20 heavy (non-hydrogen) atoms. The summed E-state index contributed by atoms with van der Waals surface area (Å²) in [4.78, 5) is 0. The van der Waals surface area contributed by atoms with Crippen molar-refractivity contribution < 1.29 is 9.84 Å². The van der Waals surface area contributed by atoms with Gasteiger partial charge < -0.3 is 9.84 Å². The van der Waals surface area contributed by atoms with Crippen LogP contribution >= 0.6 is 15.9 Å². The Morgan fingerprint density at radius 2 is 1.90 bits per heavy atom. The molecule has 0 fully saturated rings. The smallest absolute Gasteiger partial charge is 0.126 e. The second kappa shape index (κ2) is 7.46. The van der Waals surface area contributed by atoms with Crippen LogP contribution in [0.2, 0.25) is 0 Å². The first kappa shape index (κ1) is 15.1. The van der Waals surface area contributed by atoms with Crippen LogP contribution in [0.3, 0.4) is 0 Å². The van der Waals surface area contributed by atoms with E-state index in [1.54, 1.807) is 6.92 Å². The first-order valence-corrected chi connectivity index (χ1v) is 7.60. The molecule has 1 atom stereocenters. The summed E-state index contributed by atoms with van der Waals surface area (Å²) in [6.45, 7) is 2.39. The number of halogens is 1. The van der Waals surface area contributed by atoms with Gasteiger partial charge >= 0.3 is 0 Å². The van der Waals surface area contributed by atoms with Gasteiger partial charge in [0, 0.05) is 10.0 Å². The lowest BCUT2D eigenvalue weighted by molar-refractivity contribution is 0.191. The molecule has 1 N–H and O–H groups in total. The average Bonchev–Trinajstić information content (AvgIpc) is 2.44. The number of hydrogen-bond donors (Lipinski definition) is 1. The van der Waals surface area contributed by atoms with Crippen molar-refractivity contribution in [3.63, 3.8) is 0 Å². The Morgan fingerprint density at radius 3 is 2.60 bits per heavy atom. The van der Waals surface area contributed by atoms with E-state index in [1.807, 2.05) is 24.3 Å². The lowest BCUT2D eigenvalue weighted by atomic mass is 10.1. The fourth-order valence-electron chi connectivity index (χ4n) is 2.08. The number of hydrogen-bond acceptors (Lipinski definition) is 2. The first-order chi connectivity index (χ1) is 9.66. The van der Waals surface area contributed by atoms with Gasteiger partial charge in [0.15, 0.2) is 0 Å². The zero-order chi connectivity index (χ0) is 14.4. The molecule has 106 valence electrons. The summed E-state index contributed by atoms with van der Waals surface area (Å²) in [6.07, 6.45) is 1.43. The van der Waals surface area contributed by atoms with E-state index in [-0.39, 0.29) is 0 Å². The fraction of sp³-hybridized carbons (Fsp3) is 0.294. The normalized spacial score (nSPS) is 12.2. The third kappa shape index (κ3) is 4.36. The number of aryl methyl sites for hydroxylation is 1. The molecule has 0 saturated heterocycles. The number of rotatable bonds is 6. The minimum absolute atomic E-state index is 0.521. The number of benzene rings is 2. The molecule has 2 aromatic rings. The van der Waals surface area contributed by atoms with E-state index in [4.69, 9.17) is 4.74 Å². The molecule has 2 aromatic carbocycles. The largest absolute Gasteiger partial charge is 0.493 e. The van der Waals surface area contributed by atoms with E-state index in [0.717, 1.165) is 28.6 Å². The molecule has 0 unspecified atom stereocenters. The predicted octanol–water partition coefficient (Wildman–Crippen LogP) is 4.51. The topological polar surface area (TPSA) is 29.5 Å². The maximum atomic E-state index is 9.73. The monoisotopic (exact) mass is 334 g/mol. The summed E-state index contributed by atoms with van der Waals surface area (Å²) in [6, 6.07) is 16.1. The molecule has 0 amide bonds. The van der Waals surface area contributed by atoms with E-state index >= 15 is 0 Å². The predicted molar refractivity (Wildman–Crippen MR) is 85.0 cm³/mol. The van der Waals surface area contributed by atoms with Crippen LogP contribution in [0.1, 0.15) is 30.6 Å². The van der Waals surface area contributed by atoms with E-state index in [0.29, 0.717) is 6.61 Å². The maximum absolute atomic E-state index is 9.73. The van der Waals surface area contributed by atoms with Gasteiger partial charge in [-0.25, -0.2) is 0 Å². The lowest BCUT2D eigenvalue weighted by Crippen LogP contribution is -2.03. The summed E-state index contributed by atoms with van der Waals surface area (Å²) in [5.74, 6) is 0.752. The molecular formula is C17H19BrO2. The van der Waals surface area contributed by atoms with Crippen molar-refractivity contribution in [2.24, 2.45) is 0 Å². The zero-order valence-corrected chi connectivity index (χ0v) is 13.1. The van der Waals surface area contributed by atoms with Crippen molar-refractivity contribution in [1.82, 2.24) is 0 Å². The molecule has 0 heterocycles. The zero-order valence-electron chi connectivity index (χ0n) is 11.6. The van der Waals surface area contributed by atoms with Crippen LogP contribution in [0.4, 0.5) is 0 Å². The van der Waals surface area contributed by atoms with Gasteiger partial charge in [-0.1, -0.05) is 52.3 Å². The van der Waals surface area contributed by atoms with Crippen LogP contribution in [0.25, 0.3) is 0 Å². The van der Waals surface area contributed by atoms with Crippen LogP contribution in [-0.2, 0) is 6.42 Å². The van der Waals surface area contributed by atoms with E-state index in [2.05, 4.69) is 40.2 Å². The molecule has 0 aliphatic carbocycles. The molecule has 0 aliphatic heterocycles. The Hall–Kier alpha value is -1.32. The van der Waals surface area contributed by atoms with Crippen LogP contribution in [0.15, 0.2) is 53.0 Å². The number of aliphatic hydroxyl groups is 1. The molecule has 0 spiro atoms. The summed E-state index contributed by atoms with van der Waals surface area (Å²) >= 11 is 3.43. The Morgan fingerprint density at radius 1 is 1.15 bits per heavy atom. The highest BCUT2D eigenvalue weighted by molar-refractivity contribution is 9.10. The van der Waals surface area contributed by atoms with Gasteiger partial charge in [-0.2, -0.15) is 0 Å². The minimum atomic E-state index is -0.521. The Kier molecular flexibility index (Phi) is 5.62.